The Morgan fingerprint density at radius 3 is 2.41 bits per heavy atom. The standard InChI is InChI=1S/C23H26FN5/c1-18-15-22(27-23(26-18)25-16-20-9-5-6-10-21(20)24)29-13-11-28(12-14-29)17-19-7-3-2-4-8-19/h2-10,15H,11-14,16-17H2,1H3,(H,25,26,27). The molecule has 6 heteroatoms. The van der Waals surface area contributed by atoms with E-state index in [1.165, 1.54) is 11.6 Å². The van der Waals surface area contributed by atoms with Gasteiger partial charge in [-0.25, -0.2) is 9.37 Å². The van der Waals surface area contributed by atoms with Crippen LogP contribution in [0.2, 0.25) is 0 Å². The second-order valence-electron chi connectivity index (χ2n) is 7.38. The van der Waals surface area contributed by atoms with Gasteiger partial charge in [0.05, 0.1) is 0 Å². The third kappa shape index (κ3) is 5.09. The van der Waals surface area contributed by atoms with Gasteiger partial charge >= 0.3 is 0 Å². The molecule has 1 N–H and O–H groups in total. The molecule has 150 valence electrons. The summed E-state index contributed by atoms with van der Waals surface area (Å²) in [6, 6.07) is 19.4. The van der Waals surface area contributed by atoms with Crippen LogP contribution in [0, 0.1) is 12.7 Å². The maximum atomic E-state index is 13.8. The van der Waals surface area contributed by atoms with Gasteiger partial charge in [-0.05, 0) is 18.6 Å². The summed E-state index contributed by atoms with van der Waals surface area (Å²) in [5.74, 6) is 1.24. The lowest BCUT2D eigenvalue weighted by atomic mass is 10.2. The van der Waals surface area contributed by atoms with E-state index in [0.29, 0.717) is 18.1 Å². The topological polar surface area (TPSA) is 44.3 Å². The molecule has 0 saturated carbocycles. The Kier molecular flexibility index (Phi) is 6.00. The zero-order valence-corrected chi connectivity index (χ0v) is 16.7. The van der Waals surface area contributed by atoms with E-state index in [2.05, 4.69) is 55.4 Å². The number of halogens is 1. The molecule has 0 aliphatic carbocycles. The first kappa shape index (κ1) is 19.3. The van der Waals surface area contributed by atoms with Gasteiger partial charge in [-0.15, -0.1) is 0 Å². The fraction of sp³-hybridized carbons (Fsp3) is 0.304. The molecule has 29 heavy (non-hydrogen) atoms. The zero-order valence-electron chi connectivity index (χ0n) is 16.7. The van der Waals surface area contributed by atoms with Gasteiger partial charge in [0, 0.05) is 56.6 Å². The van der Waals surface area contributed by atoms with E-state index in [1.54, 1.807) is 12.1 Å². The van der Waals surface area contributed by atoms with Gasteiger partial charge < -0.3 is 10.2 Å². The largest absolute Gasteiger partial charge is 0.354 e. The van der Waals surface area contributed by atoms with E-state index in [1.807, 2.05) is 19.1 Å². The van der Waals surface area contributed by atoms with E-state index in [9.17, 15) is 4.39 Å². The number of rotatable bonds is 6. The molecule has 5 nitrogen and oxygen atoms in total. The van der Waals surface area contributed by atoms with Crippen molar-refractivity contribution in [3.8, 4) is 0 Å². The lowest BCUT2D eigenvalue weighted by Gasteiger charge is -2.35. The summed E-state index contributed by atoms with van der Waals surface area (Å²) in [5.41, 5.74) is 2.85. The summed E-state index contributed by atoms with van der Waals surface area (Å²) in [6.07, 6.45) is 0. The van der Waals surface area contributed by atoms with Crippen LogP contribution in [0.1, 0.15) is 16.8 Å². The van der Waals surface area contributed by atoms with Crippen molar-refractivity contribution in [2.24, 2.45) is 0 Å². The van der Waals surface area contributed by atoms with E-state index in [4.69, 9.17) is 0 Å². The van der Waals surface area contributed by atoms with Crippen molar-refractivity contribution in [1.82, 2.24) is 14.9 Å². The monoisotopic (exact) mass is 391 g/mol. The first-order chi connectivity index (χ1) is 14.2. The van der Waals surface area contributed by atoms with Gasteiger partial charge in [-0.3, -0.25) is 4.90 Å². The maximum absolute atomic E-state index is 13.8. The van der Waals surface area contributed by atoms with Crippen molar-refractivity contribution in [3.63, 3.8) is 0 Å². The summed E-state index contributed by atoms with van der Waals surface area (Å²) in [5, 5.41) is 3.16. The van der Waals surface area contributed by atoms with Gasteiger partial charge in [-0.2, -0.15) is 4.98 Å². The number of piperazine rings is 1. The molecule has 3 aromatic rings. The summed E-state index contributed by atoms with van der Waals surface area (Å²) >= 11 is 0. The highest BCUT2D eigenvalue weighted by atomic mass is 19.1. The molecule has 1 fully saturated rings. The fourth-order valence-electron chi connectivity index (χ4n) is 3.59. The molecule has 4 rings (SSSR count). The van der Waals surface area contributed by atoms with E-state index >= 15 is 0 Å². The highest BCUT2D eigenvalue weighted by Crippen LogP contribution is 2.18. The lowest BCUT2D eigenvalue weighted by molar-refractivity contribution is 0.249. The Morgan fingerprint density at radius 2 is 1.66 bits per heavy atom. The van der Waals surface area contributed by atoms with Crippen molar-refractivity contribution in [2.45, 2.75) is 20.0 Å². The smallest absolute Gasteiger partial charge is 0.225 e. The van der Waals surface area contributed by atoms with Gasteiger partial charge in [0.15, 0.2) is 0 Å². The highest BCUT2D eigenvalue weighted by molar-refractivity contribution is 5.45. The first-order valence-electron chi connectivity index (χ1n) is 10.0. The Labute approximate surface area is 171 Å². The minimum absolute atomic E-state index is 0.220. The van der Waals surface area contributed by atoms with Crippen LogP contribution in [-0.4, -0.2) is 41.0 Å². The van der Waals surface area contributed by atoms with Crippen molar-refractivity contribution < 1.29 is 4.39 Å². The Morgan fingerprint density at radius 1 is 0.931 bits per heavy atom. The number of benzene rings is 2. The molecule has 0 bridgehead atoms. The van der Waals surface area contributed by atoms with Crippen LogP contribution in [0.25, 0.3) is 0 Å². The quantitative estimate of drug-likeness (QED) is 0.691. The van der Waals surface area contributed by atoms with E-state index in [0.717, 1.165) is 44.2 Å². The average Bonchev–Trinajstić information content (AvgIpc) is 2.74. The molecule has 0 atom stereocenters. The van der Waals surface area contributed by atoms with Crippen LogP contribution in [-0.2, 0) is 13.1 Å². The van der Waals surface area contributed by atoms with Crippen LogP contribution in [0.15, 0.2) is 60.7 Å². The second-order valence-corrected chi connectivity index (χ2v) is 7.38. The summed E-state index contributed by atoms with van der Waals surface area (Å²) < 4.78 is 13.8. The first-order valence-corrected chi connectivity index (χ1v) is 10.0. The number of nitrogens with one attached hydrogen (secondary N) is 1. The zero-order chi connectivity index (χ0) is 20.1. The molecule has 1 aliphatic heterocycles. The number of anilines is 2. The van der Waals surface area contributed by atoms with Crippen molar-refractivity contribution in [3.05, 3.63) is 83.3 Å². The fourth-order valence-corrected chi connectivity index (χ4v) is 3.59. The highest BCUT2D eigenvalue weighted by Gasteiger charge is 2.19. The minimum atomic E-state index is -0.220. The number of aryl methyl sites for hydroxylation is 1. The summed E-state index contributed by atoms with van der Waals surface area (Å²) in [6.45, 7) is 7.15. The Hall–Kier alpha value is -2.99. The second kappa shape index (κ2) is 9.01. The number of nitrogens with zero attached hydrogens (tertiary/aromatic N) is 4. The predicted molar refractivity (Wildman–Crippen MR) is 114 cm³/mol. The number of hydrogen-bond acceptors (Lipinski definition) is 5. The van der Waals surface area contributed by atoms with Gasteiger partial charge in [-0.1, -0.05) is 48.5 Å². The van der Waals surface area contributed by atoms with E-state index in [-0.39, 0.29) is 5.82 Å². The minimum Gasteiger partial charge on any atom is -0.354 e. The molecule has 0 unspecified atom stereocenters. The molecule has 0 spiro atoms. The molecule has 0 amide bonds. The van der Waals surface area contributed by atoms with Crippen LogP contribution in [0.3, 0.4) is 0 Å². The molecule has 2 aromatic carbocycles. The molecule has 1 aliphatic rings. The van der Waals surface area contributed by atoms with Crippen molar-refractivity contribution in [2.75, 3.05) is 36.4 Å². The lowest BCUT2D eigenvalue weighted by Crippen LogP contribution is -2.46. The SMILES string of the molecule is Cc1cc(N2CCN(Cc3ccccc3)CC2)nc(NCc2ccccc2F)n1. The molecule has 2 heterocycles. The molecular weight excluding hydrogens is 365 g/mol. The molecule has 0 radical (unpaired) electrons. The molecular formula is C23H26FN5. The van der Waals surface area contributed by atoms with Crippen LogP contribution >= 0.6 is 0 Å². The van der Waals surface area contributed by atoms with Crippen LogP contribution in [0.4, 0.5) is 16.2 Å². The average molecular weight is 391 g/mol. The van der Waals surface area contributed by atoms with Crippen molar-refractivity contribution in [1.29, 1.82) is 0 Å². The third-order valence-corrected chi connectivity index (χ3v) is 5.18. The Balaban J connectivity index is 1.37. The summed E-state index contributed by atoms with van der Waals surface area (Å²) in [7, 11) is 0. The Bertz CT molecular complexity index is 939. The van der Waals surface area contributed by atoms with Gasteiger partial charge in [0.2, 0.25) is 5.95 Å². The number of hydrogen-bond donors (Lipinski definition) is 1. The van der Waals surface area contributed by atoms with Crippen LogP contribution in [0.5, 0.6) is 0 Å². The van der Waals surface area contributed by atoms with Gasteiger partial charge in [0.25, 0.3) is 0 Å². The maximum Gasteiger partial charge on any atom is 0.225 e. The number of aromatic nitrogens is 2. The molecule has 1 saturated heterocycles. The van der Waals surface area contributed by atoms with Gasteiger partial charge in [0.1, 0.15) is 11.6 Å². The van der Waals surface area contributed by atoms with Crippen LogP contribution < -0.4 is 10.2 Å². The molecule has 1 aromatic heterocycles. The predicted octanol–water partition coefficient (Wildman–Crippen LogP) is 3.86. The third-order valence-electron chi connectivity index (χ3n) is 5.18. The van der Waals surface area contributed by atoms with Crippen molar-refractivity contribution >= 4 is 11.8 Å². The normalized spacial score (nSPS) is 14.8. The summed E-state index contributed by atoms with van der Waals surface area (Å²) in [4.78, 5) is 13.9. The van der Waals surface area contributed by atoms with E-state index < -0.39 is 0 Å².